The summed E-state index contributed by atoms with van der Waals surface area (Å²) in [5.74, 6) is 0. The van der Waals surface area contributed by atoms with Gasteiger partial charge in [0.25, 0.3) is 0 Å². The van der Waals surface area contributed by atoms with Crippen LogP contribution in [0.5, 0.6) is 0 Å². The molecular formula is C6H18N2. The lowest BCUT2D eigenvalue weighted by molar-refractivity contribution is 0.385. The van der Waals surface area contributed by atoms with E-state index in [2.05, 4.69) is 20.8 Å². The Morgan fingerprint density at radius 3 is 1.62 bits per heavy atom. The molecule has 0 bridgehead atoms. The maximum atomic E-state index is 5.31. The van der Waals surface area contributed by atoms with Gasteiger partial charge in [0.05, 0.1) is 0 Å². The van der Waals surface area contributed by atoms with Crippen molar-refractivity contribution in [1.29, 1.82) is 0 Å². The Hall–Kier alpha value is -0.0800. The second-order valence-corrected chi connectivity index (χ2v) is 3.10. The molecule has 0 aliphatic carbocycles. The molecule has 0 unspecified atom stereocenters. The molecule has 52 valence electrons. The molecular weight excluding hydrogens is 100 g/mol. The lowest BCUT2D eigenvalue weighted by Crippen LogP contribution is -2.12. The van der Waals surface area contributed by atoms with E-state index in [1.807, 2.05) is 0 Å². The van der Waals surface area contributed by atoms with E-state index in [9.17, 15) is 0 Å². The van der Waals surface area contributed by atoms with Gasteiger partial charge >= 0.3 is 0 Å². The van der Waals surface area contributed by atoms with Gasteiger partial charge in [0.2, 0.25) is 0 Å². The molecule has 0 saturated heterocycles. The Morgan fingerprint density at radius 2 is 1.62 bits per heavy atom. The molecule has 0 aromatic rings. The zero-order valence-corrected chi connectivity index (χ0v) is 6.20. The molecule has 0 spiro atoms. The zero-order chi connectivity index (χ0) is 5.91. The van der Waals surface area contributed by atoms with Crippen LogP contribution < -0.4 is 11.9 Å². The summed E-state index contributed by atoms with van der Waals surface area (Å²) in [6.45, 7) is 7.39. The van der Waals surface area contributed by atoms with Crippen molar-refractivity contribution in [3.05, 3.63) is 0 Å². The van der Waals surface area contributed by atoms with E-state index in [1.54, 1.807) is 0 Å². The molecule has 5 N–H and O–H groups in total. The minimum atomic E-state index is 0. The van der Waals surface area contributed by atoms with E-state index in [4.69, 9.17) is 5.73 Å². The van der Waals surface area contributed by atoms with E-state index in [0.29, 0.717) is 5.41 Å². The van der Waals surface area contributed by atoms with Gasteiger partial charge in [-0.15, -0.1) is 0 Å². The van der Waals surface area contributed by atoms with Crippen molar-refractivity contribution >= 4 is 0 Å². The fourth-order valence-electron chi connectivity index (χ4n) is 0.433. The highest BCUT2D eigenvalue weighted by molar-refractivity contribution is 4.60. The van der Waals surface area contributed by atoms with Gasteiger partial charge in [0.15, 0.2) is 0 Å². The van der Waals surface area contributed by atoms with Crippen LogP contribution in [0.25, 0.3) is 0 Å². The fraction of sp³-hybridized carbons (Fsp3) is 1.00. The quantitative estimate of drug-likeness (QED) is 0.548. The van der Waals surface area contributed by atoms with Crippen molar-refractivity contribution in [2.75, 3.05) is 6.54 Å². The Bertz CT molecular complexity index is 45.0. The molecule has 0 atom stereocenters. The average Bonchev–Trinajstić information content (AvgIpc) is 1.30. The van der Waals surface area contributed by atoms with Crippen molar-refractivity contribution in [1.82, 2.24) is 6.15 Å². The second-order valence-electron chi connectivity index (χ2n) is 3.10. The second kappa shape index (κ2) is 3.87. The minimum Gasteiger partial charge on any atom is -0.344 e. The van der Waals surface area contributed by atoms with Gasteiger partial charge in [0.1, 0.15) is 0 Å². The molecule has 0 saturated carbocycles. The summed E-state index contributed by atoms with van der Waals surface area (Å²) >= 11 is 0. The first-order valence-electron chi connectivity index (χ1n) is 2.76. The lowest BCUT2D eigenvalue weighted by atomic mass is 9.93. The van der Waals surface area contributed by atoms with E-state index in [-0.39, 0.29) is 6.15 Å². The Balaban J connectivity index is 0. The predicted molar refractivity (Wildman–Crippen MR) is 38.1 cm³/mol. The lowest BCUT2D eigenvalue weighted by Gasteiger charge is -2.15. The molecule has 2 nitrogen and oxygen atoms in total. The van der Waals surface area contributed by atoms with Crippen molar-refractivity contribution in [3.63, 3.8) is 0 Å². The van der Waals surface area contributed by atoms with Crippen LogP contribution in [0.3, 0.4) is 0 Å². The molecule has 8 heavy (non-hydrogen) atoms. The van der Waals surface area contributed by atoms with Crippen molar-refractivity contribution in [2.45, 2.75) is 27.2 Å². The topological polar surface area (TPSA) is 61.0 Å². The number of hydrogen-bond donors (Lipinski definition) is 2. The summed E-state index contributed by atoms with van der Waals surface area (Å²) in [5, 5.41) is 0. The van der Waals surface area contributed by atoms with Crippen LogP contribution >= 0.6 is 0 Å². The third-order valence-electron chi connectivity index (χ3n) is 0.894. The summed E-state index contributed by atoms with van der Waals surface area (Å²) in [7, 11) is 0. The fourth-order valence-corrected chi connectivity index (χ4v) is 0.433. The number of nitrogens with two attached hydrogens (primary N) is 1. The van der Waals surface area contributed by atoms with E-state index >= 15 is 0 Å². The van der Waals surface area contributed by atoms with Crippen LogP contribution in [0.1, 0.15) is 27.2 Å². The normalized spacial score (nSPS) is 10.5. The van der Waals surface area contributed by atoms with Gasteiger partial charge in [0, 0.05) is 0 Å². The van der Waals surface area contributed by atoms with Crippen LogP contribution in [-0.4, -0.2) is 6.54 Å². The van der Waals surface area contributed by atoms with E-state index in [0.717, 1.165) is 13.0 Å². The summed E-state index contributed by atoms with van der Waals surface area (Å²) < 4.78 is 0. The van der Waals surface area contributed by atoms with Crippen molar-refractivity contribution in [2.24, 2.45) is 11.1 Å². The Kier molecular flexibility index (Phi) is 5.23. The van der Waals surface area contributed by atoms with Crippen LogP contribution in [0.15, 0.2) is 0 Å². The third kappa shape index (κ3) is 9.33. The first kappa shape index (κ1) is 10.8. The first-order chi connectivity index (χ1) is 3.06. The molecule has 0 aromatic carbocycles. The summed E-state index contributed by atoms with van der Waals surface area (Å²) in [6, 6.07) is 0. The Morgan fingerprint density at radius 1 is 1.25 bits per heavy atom. The van der Waals surface area contributed by atoms with E-state index in [1.165, 1.54) is 0 Å². The monoisotopic (exact) mass is 118 g/mol. The predicted octanol–water partition coefficient (Wildman–Crippen LogP) is 1.54. The third-order valence-corrected chi connectivity index (χ3v) is 0.894. The molecule has 0 radical (unpaired) electrons. The molecule has 0 aliphatic rings. The minimum absolute atomic E-state index is 0. The van der Waals surface area contributed by atoms with Gasteiger partial charge in [-0.05, 0) is 18.4 Å². The van der Waals surface area contributed by atoms with Gasteiger partial charge in [-0.2, -0.15) is 0 Å². The van der Waals surface area contributed by atoms with Crippen molar-refractivity contribution < 1.29 is 0 Å². The maximum absolute atomic E-state index is 5.31. The SMILES string of the molecule is CC(C)(C)CCN.N. The molecule has 2 heteroatoms. The van der Waals surface area contributed by atoms with Crippen LogP contribution in [-0.2, 0) is 0 Å². The number of hydrogen-bond acceptors (Lipinski definition) is 2. The molecule has 0 rings (SSSR count). The van der Waals surface area contributed by atoms with Crippen molar-refractivity contribution in [3.8, 4) is 0 Å². The van der Waals surface area contributed by atoms with E-state index < -0.39 is 0 Å². The molecule has 0 aliphatic heterocycles. The van der Waals surface area contributed by atoms with Gasteiger partial charge in [-0.25, -0.2) is 0 Å². The molecule has 0 aromatic heterocycles. The van der Waals surface area contributed by atoms with Gasteiger partial charge < -0.3 is 11.9 Å². The summed E-state index contributed by atoms with van der Waals surface area (Å²) in [6.07, 6.45) is 1.12. The van der Waals surface area contributed by atoms with Gasteiger partial charge in [-0.3, -0.25) is 0 Å². The van der Waals surface area contributed by atoms with Crippen LogP contribution in [0.4, 0.5) is 0 Å². The molecule has 0 fully saturated rings. The van der Waals surface area contributed by atoms with Crippen LogP contribution in [0, 0.1) is 5.41 Å². The maximum Gasteiger partial charge on any atom is -0.00723 e. The molecule has 0 heterocycles. The van der Waals surface area contributed by atoms with Gasteiger partial charge in [-0.1, -0.05) is 20.8 Å². The summed E-state index contributed by atoms with van der Waals surface area (Å²) in [4.78, 5) is 0. The largest absolute Gasteiger partial charge is 0.344 e. The summed E-state index contributed by atoms with van der Waals surface area (Å²) in [5.41, 5.74) is 5.74. The Labute approximate surface area is 52.0 Å². The molecule has 0 amide bonds. The number of rotatable bonds is 1. The standard InChI is InChI=1S/C6H15N.H3N/c1-6(2,3)4-5-7;/h4-5,7H2,1-3H3;1H3. The highest BCUT2D eigenvalue weighted by Gasteiger charge is 2.06. The highest BCUT2D eigenvalue weighted by atomic mass is 14.5. The van der Waals surface area contributed by atoms with Crippen LogP contribution in [0.2, 0.25) is 0 Å². The zero-order valence-electron chi connectivity index (χ0n) is 6.20. The average molecular weight is 118 g/mol. The first-order valence-corrected chi connectivity index (χ1v) is 2.76. The highest BCUT2D eigenvalue weighted by Crippen LogP contribution is 2.15. The smallest absolute Gasteiger partial charge is 0.00723 e.